The summed E-state index contributed by atoms with van der Waals surface area (Å²) in [7, 11) is 0. The molecule has 0 atom stereocenters. The molecule has 0 saturated heterocycles. The third-order valence-corrected chi connectivity index (χ3v) is 3.52. The Hall–Kier alpha value is -2.33. The molecule has 5 heteroatoms. The summed E-state index contributed by atoms with van der Waals surface area (Å²) in [4.78, 5) is 26.1. The van der Waals surface area contributed by atoms with Gasteiger partial charge in [-0.05, 0) is 30.3 Å². The van der Waals surface area contributed by atoms with Crippen molar-refractivity contribution < 1.29 is 14.3 Å². The normalized spacial score (nSPS) is 13.0. The molecule has 0 radical (unpaired) electrons. The van der Waals surface area contributed by atoms with Gasteiger partial charge in [-0.3, -0.25) is 9.69 Å². The Morgan fingerprint density at radius 2 is 1.95 bits per heavy atom. The average molecular weight is 302 g/mol. The number of para-hydroxylation sites is 2. The monoisotopic (exact) mass is 301 g/mol. The zero-order chi connectivity index (χ0) is 15.0. The van der Waals surface area contributed by atoms with E-state index in [1.165, 1.54) is 4.90 Å². The maximum Gasteiger partial charge on any atom is 0.345 e. The summed E-state index contributed by atoms with van der Waals surface area (Å²) in [6.45, 7) is 1.77. The summed E-state index contributed by atoms with van der Waals surface area (Å²) >= 11 is 6.03. The summed E-state index contributed by atoms with van der Waals surface area (Å²) in [6.07, 6.45) is 0.300. The first-order valence-electron chi connectivity index (χ1n) is 6.55. The van der Waals surface area contributed by atoms with E-state index in [0.717, 1.165) is 0 Å². The Morgan fingerprint density at radius 1 is 1.19 bits per heavy atom. The second-order valence-corrected chi connectivity index (χ2v) is 5.04. The molecule has 2 aromatic carbocycles. The molecule has 1 amide bonds. The molecule has 0 fully saturated rings. The fraction of sp³-hybridized carbons (Fsp3) is 0.125. The number of carbonyl (C=O) groups excluding carboxylic acids is 2. The number of hydrogen-bond acceptors (Lipinski definition) is 3. The van der Waals surface area contributed by atoms with Crippen molar-refractivity contribution in [3.8, 4) is 5.75 Å². The van der Waals surface area contributed by atoms with E-state index in [1.807, 2.05) is 0 Å². The SMILES string of the molecule is CCC(=O)N1c2ccccc2OC(=O)c2ccc(Cl)cc21. The predicted molar refractivity (Wildman–Crippen MR) is 80.3 cm³/mol. The van der Waals surface area contributed by atoms with Crippen LogP contribution in [0.15, 0.2) is 42.5 Å². The highest BCUT2D eigenvalue weighted by Crippen LogP contribution is 2.40. The minimum Gasteiger partial charge on any atom is -0.421 e. The molecule has 0 unspecified atom stereocenters. The van der Waals surface area contributed by atoms with Gasteiger partial charge in [-0.1, -0.05) is 30.7 Å². The fourth-order valence-electron chi connectivity index (χ4n) is 2.30. The van der Waals surface area contributed by atoms with Gasteiger partial charge in [0.1, 0.15) is 0 Å². The van der Waals surface area contributed by atoms with Crippen LogP contribution in [0, 0.1) is 0 Å². The van der Waals surface area contributed by atoms with Gasteiger partial charge in [0.25, 0.3) is 0 Å². The number of nitrogens with zero attached hydrogens (tertiary/aromatic N) is 1. The summed E-state index contributed by atoms with van der Waals surface area (Å²) in [6, 6.07) is 11.7. The number of esters is 1. The second-order valence-electron chi connectivity index (χ2n) is 4.60. The standard InChI is InChI=1S/C16H12ClNO3/c1-2-15(19)18-12-5-3-4-6-14(12)21-16(20)11-8-7-10(17)9-13(11)18/h3-9H,2H2,1H3. The number of rotatable bonds is 1. The average Bonchev–Trinajstić information content (AvgIpc) is 2.60. The van der Waals surface area contributed by atoms with Gasteiger partial charge in [-0.15, -0.1) is 0 Å². The van der Waals surface area contributed by atoms with Crippen LogP contribution in [0.4, 0.5) is 11.4 Å². The minimum atomic E-state index is -0.500. The molecule has 0 bridgehead atoms. The quantitative estimate of drug-likeness (QED) is 0.592. The van der Waals surface area contributed by atoms with E-state index in [2.05, 4.69) is 0 Å². The van der Waals surface area contributed by atoms with Crippen molar-refractivity contribution in [2.75, 3.05) is 4.90 Å². The molecule has 0 aliphatic carbocycles. The molecule has 0 spiro atoms. The number of amides is 1. The van der Waals surface area contributed by atoms with Gasteiger partial charge in [-0.2, -0.15) is 0 Å². The fourth-order valence-corrected chi connectivity index (χ4v) is 2.47. The largest absolute Gasteiger partial charge is 0.421 e. The van der Waals surface area contributed by atoms with E-state index in [1.54, 1.807) is 49.4 Å². The molecule has 0 aromatic heterocycles. The van der Waals surface area contributed by atoms with Crippen LogP contribution in [0.5, 0.6) is 5.75 Å². The number of ether oxygens (including phenoxy) is 1. The number of halogens is 1. The predicted octanol–water partition coefficient (Wildman–Crippen LogP) is 3.95. The first-order chi connectivity index (χ1) is 10.1. The third-order valence-electron chi connectivity index (χ3n) is 3.28. The van der Waals surface area contributed by atoms with Crippen LogP contribution in [0.1, 0.15) is 23.7 Å². The Morgan fingerprint density at radius 3 is 2.71 bits per heavy atom. The van der Waals surface area contributed by atoms with Crippen molar-refractivity contribution in [1.29, 1.82) is 0 Å². The van der Waals surface area contributed by atoms with E-state index < -0.39 is 5.97 Å². The molecule has 1 aliphatic heterocycles. The number of carbonyl (C=O) groups is 2. The molecule has 1 heterocycles. The Bertz CT molecular complexity index is 742. The van der Waals surface area contributed by atoms with Crippen molar-refractivity contribution in [3.63, 3.8) is 0 Å². The highest BCUT2D eigenvalue weighted by molar-refractivity contribution is 6.31. The molecule has 3 rings (SSSR count). The van der Waals surface area contributed by atoms with Gasteiger partial charge < -0.3 is 4.74 Å². The molecule has 106 valence electrons. The second kappa shape index (κ2) is 5.22. The van der Waals surface area contributed by atoms with Crippen molar-refractivity contribution in [1.82, 2.24) is 0 Å². The molecule has 2 aromatic rings. The Kier molecular flexibility index (Phi) is 3.39. The molecular formula is C16H12ClNO3. The minimum absolute atomic E-state index is 0.135. The van der Waals surface area contributed by atoms with Crippen LogP contribution in [0.2, 0.25) is 5.02 Å². The van der Waals surface area contributed by atoms with Crippen molar-refractivity contribution >= 4 is 34.9 Å². The summed E-state index contributed by atoms with van der Waals surface area (Å²) < 4.78 is 5.37. The lowest BCUT2D eigenvalue weighted by atomic mass is 10.1. The molecule has 4 nitrogen and oxygen atoms in total. The highest BCUT2D eigenvalue weighted by Gasteiger charge is 2.30. The van der Waals surface area contributed by atoms with Gasteiger partial charge in [0.05, 0.1) is 16.9 Å². The Balaban J connectivity index is 2.31. The van der Waals surface area contributed by atoms with Gasteiger partial charge in [0.15, 0.2) is 5.75 Å². The van der Waals surface area contributed by atoms with Crippen molar-refractivity contribution in [2.24, 2.45) is 0 Å². The van der Waals surface area contributed by atoms with Gasteiger partial charge >= 0.3 is 5.97 Å². The maximum absolute atomic E-state index is 12.4. The van der Waals surface area contributed by atoms with E-state index in [4.69, 9.17) is 16.3 Å². The Labute approximate surface area is 126 Å². The van der Waals surface area contributed by atoms with Crippen molar-refractivity contribution in [2.45, 2.75) is 13.3 Å². The molecule has 0 saturated carbocycles. The number of anilines is 2. The third kappa shape index (κ3) is 2.28. The number of benzene rings is 2. The zero-order valence-electron chi connectivity index (χ0n) is 11.3. The van der Waals surface area contributed by atoms with Gasteiger partial charge in [-0.25, -0.2) is 4.79 Å². The lowest BCUT2D eigenvalue weighted by Gasteiger charge is -2.22. The van der Waals surface area contributed by atoms with Crippen LogP contribution >= 0.6 is 11.6 Å². The summed E-state index contributed by atoms with van der Waals surface area (Å²) in [5.74, 6) is -0.276. The molecular weight excluding hydrogens is 290 g/mol. The van der Waals surface area contributed by atoms with Crippen molar-refractivity contribution in [3.05, 3.63) is 53.1 Å². The van der Waals surface area contributed by atoms with E-state index >= 15 is 0 Å². The van der Waals surface area contributed by atoms with Gasteiger partial charge in [0, 0.05) is 11.4 Å². The first-order valence-corrected chi connectivity index (χ1v) is 6.93. The van der Waals surface area contributed by atoms with Crippen LogP contribution < -0.4 is 9.64 Å². The van der Waals surface area contributed by atoms with E-state index in [9.17, 15) is 9.59 Å². The van der Waals surface area contributed by atoms with E-state index in [-0.39, 0.29) is 5.91 Å². The molecule has 21 heavy (non-hydrogen) atoms. The highest BCUT2D eigenvalue weighted by atomic mass is 35.5. The number of fused-ring (bicyclic) bond motifs is 2. The molecule has 1 aliphatic rings. The van der Waals surface area contributed by atoms with Crippen LogP contribution in [0.3, 0.4) is 0 Å². The van der Waals surface area contributed by atoms with E-state index in [0.29, 0.717) is 34.1 Å². The molecule has 0 N–H and O–H groups in total. The van der Waals surface area contributed by atoms with Gasteiger partial charge in [0.2, 0.25) is 5.91 Å². The zero-order valence-corrected chi connectivity index (χ0v) is 12.1. The smallest absolute Gasteiger partial charge is 0.345 e. The van der Waals surface area contributed by atoms with Crippen LogP contribution in [-0.4, -0.2) is 11.9 Å². The van der Waals surface area contributed by atoms with Crippen LogP contribution in [-0.2, 0) is 4.79 Å². The lowest BCUT2D eigenvalue weighted by Crippen LogP contribution is -2.25. The van der Waals surface area contributed by atoms with Crippen LogP contribution in [0.25, 0.3) is 0 Å². The first kappa shape index (κ1) is 13.6. The summed E-state index contributed by atoms with van der Waals surface area (Å²) in [5.41, 5.74) is 1.31. The summed E-state index contributed by atoms with van der Waals surface area (Å²) in [5, 5.41) is 0.454. The lowest BCUT2D eigenvalue weighted by molar-refractivity contribution is -0.117. The maximum atomic E-state index is 12.4. The topological polar surface area (TPSA) is 46.6 Å². The number of hydrogen-bond donors (Lipinski definition) is 0.